The Morgan fingerprint density at radius 1 is 1.36 bits per heavy atom. The molecule has 0 unspecified atom stereocenters. The van der Waals surface area contributed by atoms with E-state index in [0.29, 0.717) is 5.41 Å². The summed E-state index contributed by atoms with van der Waals surface area (Å²) in [6, 6.07) is 2.14. The van der Waals surface area contributed by atoms with Crippen LogP contribution in [0.5, 0.6) is 0 Å². The Labute approximate surface area is 107 Å². The van der Waals surface area contributed by atoms with Crippen molar-refractivity contribution in [2.75, 3.05) is 5.33 Å². The molecule has 0 nitrogen and oxygen atoms in total. The second kappa shape index (κ2) is 5.66. The molecule has 0 aliphatic heterocycles. The molecule has 0 radical (unpaired) electrons. The second-order valence-electron chi connectivity index (χ2n) is 3.71. The minimum atomic E-state index is 0.438. The zero-order valence-electron chi connectivity index (χ0n) is 8.65. The van der Waals surface area contributed by atoms with Gasteiger partial charge in [0, 0.05) is 14.7 Å². The number of hydrogen-bond donors (Lipinski definition) is 0. The van der Waals surface area contributed by atoms with E-state index in [0.717, 1.165) is 5.33 Å². The highest BCUT2D eigenvalue weighted by atomic mass is 79.9. The Bertz CT molecular complexity index is 268. The number of rotatable bonds is 5. The first-order valence-corrected chi connectivity index (χ1v) is 7.74. The number of halogens is 2. The van der Waals surface area contributed by atoms with Crippen LogP contribution in [-0.4, -0.2) is 5.33 Å². The molecule has 0 amide bonds. The normalized spacial score (nSPS) is 12.0. The van der Waals surface area contributed by atoms with Gasteiger partial charge in [-0.05, 0) is 52.1 Å². The lowest BCUT2D eigenvalue weighted by Gasteiger charge is -2.29. The summed E-state index contributed by atoms with van der Waals surface area (Å²) in [5, 5.41) is 3.25. The molecule has 1 aromatic rings. The molecule has 80 valence electrons. The van der Waals surface area contributed by atoms with Crippen LogP contribution < -0.4 is 0 Å². The predicted molar refractivity (Wildman–Crippen MR) is 72.5 cm³/mol. The Morgan fingerprint density at radius 2 is 2.00 bits per heavy atom. The van der Waals surface area contributed by atoms with Crippen molar-refractivity contribution >= 4 is 43.2 Å². The van der Waals surface area contributed by atoms with Crippen molar-refractivity contribution in [1.82, 2.24) is 0 Å². The minimum Gasteiger partial charge on any atom is -0.148 e. The third-order valence-electron chi connectivity index (χ3n) is 3.01. The van der Waals surface area contributed by atoms with Gasteiger partial charge in [0.25, 0.3) is 0 Å². The maximum absolute atomic E-state index is 3.65. The molecular formula is C11H16Br2S. The van der Waals surface area contributed by atoms with E-state index >= 15 is 0 Å². The maximum Gasteiger partial charge on any atom is 0.0314 e. The standard InChI is InChI=1S/C11H16Br2S/c1-3-11(4-2,8-12)7-10-9(13)5-6-14-10/h5-6H,3-4,7-8H2,1-2H3. The number of thiophene rings is 1. The fraction of sp³-hybridized carbons (Fsp3) is 0.636. The van der Waals surface area contributed by atoms with Gasteiger partial charge in [0.2, 0.25) is 0 Å². The van der Waals surface area contributed by atoms with E-state index in [-0.39, 0.29) is 0 Å². The molecular weight excluding hydrogens is 324 g/mol. The van der Waals surface area contributed by atoms with Crippen LogP contribution in [0.15, 0.2) is 15.9 Å². The molecule has 0 spiro atoms. The Kier molecular flexibility index (Phi) is 5.15. The van der Waals surface area contributed by atoms with E-state index in [1.54, 1.807) is 0 Å². The van der Waals surface area contributed by atoms with Crippen molar-refractivity contribution in [2.45, 2.75) is 33.1 Å². The summed E-state index contributed by atoms with van der Waals surface area (Å²) in [5.74, 6) is 0. The summed E-state index contributed by atoms with van der Waals surface area (Å²) in [7, 11) is 0. The number of hydrogen-bond acceptors (Lipinski definition) is 1. The topological polar surface area (TPSA) is 0 Å². The average Bonchev–Trinajstić information content (AvgIpc) is 2.61. The highest BCUT2D eigenvalue weighted by Gasteiger charge is 2.26. The van der Waals surface area contributed by atoms with Crippen molar-refractivity contribution < 1.29 is 0 Å². The summed E-state index contributed by atoms with van der Waals surface area (Å²) < 4.78 is 1.27. The second-order valence-corrected chi connectivity index (χ2v) is 6.12. The lowest BCUT2D eigenvalue weighted by molar-refractivity contribution is 0.309. The molecule has 0 fully saturated rings. The van der Waals surface area contributed by atoms with Gasteiger partial charge in [0.1, 0.15) is 0 Å². The fourth-order valence-electron chi connectivity index (χ4n) is 1.53. The summed E-state index contributed by atoms with van der Waals surface area (Å²) in [6.45, 7) is 4.57. The van der Waals surface area contributed by atoms with Crippen molar-refractivity contribution in [3.05, 3.63) is 20.8 Å². The van der Waals surface area contributed by atoms with Crippen LogP contribution in [0.1, 0.15) is 31.6 Å². The van der Waals surface area contributed by atoms with Gasteiger partial charge in [-0.1, -0.05) is 29.8 Å². The van der Waals surface area contributed by atoms with Gasteiger partial charge < -0.3 is 0 Å². The van der Waals surface area contributed by atoms with Crippen molar-refractivity contribution in [3.8, 4) is 0 Å². The smallest absolute Gasteiger partial charge is 0.0314 e. The van der Waals surface area contributed by atoms with E-state index in [9.17, 15) is 0 Å². The molecule has 0 aliphatic rings. The van der Waals surface area contributed by atoms with Gasteiger partial charge in [-0.25, -0.2) is 0 Å². The zero-order chi connectivity index (χ0) is 10.6. The third-order valence-corrected chi connectivity index (χ3v) is 6.13. The van der Waals surface area contributed by atoms with Gasteiger partial charge in [0.15, 0.2) is 0 Å². The molecule has 0 saturated heterocycles. The maximum atomic E-state index is 3.65. The molecule has 0 saturated carbocycles. The SMILES string of the molecule is CCC(CC)(CBr)Cc1sccc1Br. The summed E-state index contributed by atoms with van der Waals surface area (Å²) in [5.41, 5.74) is 0.438. The van der Waals surface area contributed by atoms with Crippen LogP contribution in [0, 0.1) is 5.41 Å². The van der Waals surface area contributed by atoms with Gasteiger partial charge in [-0.2, -0.15) is 0 Å². The highest BCUT2D eigenvalue weighted by molar-refractivity contribution is 9.10. The van der Waals surface area contributed by atoms with E-state index in [1.807, 2.05) is 11.3 Å². The van der Waals surface area contributed by atoms with Crippen molar-refractivity contribution in [2.24, 2.45) is 5.41 Å². The lowest BCUT2D eigenvalue weighted by Crippen LogP contribution is -2.23. The average molecular weight is 340 g/mol. The predicted octanol–water partition coefficient (Wildman–Crippen LogP) is 5.25. The van der Waals surface area contributed by atoms with Crippen LogP contribution in [0.2, 0.25) is 0 Å². The van der Waals surface area contributed by atoms with Gasteiger partial charge in [-0.15, -0.1) is 11.3 Å². The Hall–Kier alpha value is 0.660. The van der Waals surface area contributed by atoms with Crippen molar-refractivity contribution in [1.29, 1.82) is 0 Å². The van der Waals surface area contributed by atoms with Gasteiger partial charge in [0.05, 0.1) is 0 Å². The van der Waals surface area contributed by atoms with Crippen LogP contribution in [0.4, 0.5) is 0 Å². The molecule has 0 atom stereocenters. The molecule has 0 aromatic carbocycles. The van der Waals surface area contributed by atoms with Gasteiger partial charge >= 0.3 is 0 Å². The fourth-order valence-corrected chi connectivity index (χ4v) is 4.19. The summed E-state index contributed by atoms with van der Waals surface area (Å²) >= 11 is 9.11. The van der Waals surface area contributed by atoms with Crippen LogP contribution in [0.25, 0.3) is 0 Å². The zero-order valence-corrected chi connectivity index (χ0v) is 12.6. The molecule has 14 heavy (non-hydrogen) atoms. The first-order valence-electron chi connectivity index (χ1n) is 4.95. The van der Waals surface area contributed by atoms with E-state index in [1.165, 1.54) is 28.6 Å². The summed E-state index contributed by atoms with van der Waals surface area (Å²) in [6.07, 6.45) is 3.65. The largest absolute Gasteiger partial charge is 0.148 e. The first kappa shape index (κ1) is 12.7. The first-order chi connectivity index (χ1) is 6.67. The molecule has 1 aromatic heterocycles. The molecule has 3 heteroatoms. The molecule has 1 rings (SSSR count). The Balaban J connectivity index is 2.79. The monoisotopic (exact) mass is 338 g/mol. The molecule has 0 bridgehead atoms. The number of alkyl halides is 1. The van der Waals surface area contributed by atoms with Crippen LogP contribution in [-0.2, 0) is 6.42 Å². The van der Waals surface area contributed by atoms with E-state index < -0.39 is 0 Å². The lowest BCUT2D eigenvalue weighted by atomic mass is 9.81. The van der Waals surface area contributed by atoms with E-state index in [2.05, 4.69) is 57.2 Å². The molecule has 1 heterocycles. The van der Waals surface area contributed by atoms with Gasteiger partial charge in [-0.3, -0.25) is 0 Å². The van der Waals surface area contributed by atoms with Crippen LogP contribution in [0.3, 0.4) is 0 Å². The van der Waals surface area contributed by atoms with E-state index in [4.69, 9.17) is 0 Å². The minimum absolute atomic E-state index is 0.438. The molecule has 0 N–H and O–H groups in total. The Morgan fingerprint density at radius 3 is 2.36 bits per heavy atom. The quantitative estimate of drug-likeness (QED) is 0.642. The molecule has 0 aliphatic carbocycles. The van der Waals surface area contributed by atoms with Crippen molar-refractivity contribution in [3.63, 3.8) is 0 Å². The highest BCUT2D eigenvalue weighted by Crippen LogP contribution is 2.37. The van der Waals surface area contributed by atoms with Crippen LogP contribution >= 0.6 is 43.2 Å². The third kappa shape index (κ3) is 2.83. The summed E-state index contributed by atoms with van der Waals surface area (Å²) in [4.78, 5) is 1.48.